The fourth-order valence-corrected chi connectivity index (χ4v) is 2.75. The number of hydrogen-bond acceptors (Lipinski definition) is 4. The number of halogens is 1. The number of amides is 1. The maximum atomic E-state index is 12.5. The van der Waals surface area contributed by atoms with Gasteiger partial charge in [0.15, 0.2) is 11.5 Å². The first-order valence-corrected chi connectivity index (χ1v) is 7.49. The van der Waals surface area contributed by atoms with E-state index in [4.69, 9.17) is 9.47 Å². The summed E-state index contributed by atoms with van der Waals surface area (Å²) in [6.45, 7) is 3.60. The Balaban J connectivity index is 0.00000208. The summed E-state index contributed by atoms with van der Waals surface area (Å²) in [7, 11) is 3.17. The molecule has 0 unspecified atom stereocenters. The fourth-order valence-electron chi connectivity index (χ4n) is 2.75. The molecule has 128 valence electrons. The van der Waals surface area contributed by atoms with Gasteiger partial charge >= 0.3 is 0 Å². The first kappa shape index (κ1) is 18.1. The molecule has 1 amide bonds. The molecule has 0 fully saturated rings. The average molecular weight is 349 g/mol. The topological polar surface area (TPSA) is 59.6 Å². The predicted molar refractivity (Wildman–Crippen MR) is 96.5 cm³/mol. The van der Waals surface area contributed by atoms with Gasteiger partial charge in [0.05, 0.1) is 14.2 Å². The summed E-state index contributed by atoms with van der Waals surface area (Å²) in [6, 6.07) is 9.44. The zero-order valence-electron chi connectivity index (χ0n) is 13.9. The highest BCUT2D eigenvalue weighted by molar-refractivity contribution is 6.05. The van der Waals surface area contributed by atoms with Crippen LogP contribution in [0.15, 0.2) is 30.3 Å². The number of methoxy groups -OCH3 is 2. The van der Waals surface area contributed by atoms with E-state index in [0.29, 0.717) is 22.7 Å². The van der Waals surface area contributed by atoms with E-state index < -0.39 is 0 Å². The molecule has 24 heavy (non-hydrogen) atoms. The van der Waals surface area contributed by atoms with Gasteiger partial charge in [-0.25, -0.2) is 0 Å². The molecule has 1 aliphatic heterocycles. The monoisotopic (exact) mass is 348 g/mol. The smallest absolute Gasteiger partial charge is 0.255 e. The summed E-state index contributed by atoms with van der Waals surface area (Å²) >= 11 is 0. The predicted octanol–water partition coefficient (Wildman–Crippen LogP) is 3.29. The van der Waals surface area contributed by atoms with Crippen LogP contribution in [0.1, 0.15) is 27.0 Å². The number of aryl methyl sites for hydroxylation is 1. The van der Waals surface area contributed by atoms with E-state index in [9.17, 15) is 4.79 Å². The molecule has 2 aromatic carbocycles. The van der Waals surface area contributed by atoms with Gasteiger partial charge in [0.25, 0.3) is 5.91 Å². The Morgan fingerprint density at radius 3 is 2.42 bits per heavy atom. The van der Waals surface area contributed by atoms with Crippen molar-refractivity contribution < 1.29 is 14.3 Å². The van der Waals surface area contributed by atoms with Crippen LogP contribution in [0.3, 0.4) is 0 Å². The third kappa shape index (κ3) is 3.47. The normalized spacial score (nSPS) is 12.1. The molecule has 1 aliphatic rings. The summed E-state index contributed by atoms with van der Waals surface area (Å²) in [5.74, 6) is 1.10. The first-order chi connectivity index (χ1) is 11.1. The highest BCUT2D eigenvalue weighted by Gasteiger charge is 2.15. The molecule has 6 heteroatoms. The van der Waals surface area contributed by atoms with E-state index in [-0.39, 0.29) is 18.3 Å². The number of fused-ring (bicyclic) bond motifs is 1. The van der Waals surface area contributed by atoms with Gasteiger partial charge < -0.3 is 20.1 Å². The van der Waals surface area contributed by atoms with Crippen molar-refractivity contribution in [3.8, 4) is 11.5 Å². The summed E-state index contributed by atoms with van der Waals surface area (Å²) < 4.78 is 10.6. The number of anilines is 1. The number of carbonyl (C=O) groups is 1. The van der Waals surface area contributed by atoms with Crippen molar-refractivity contribution in [1.82, 2.24) is 5.32 Å². The first-order valence-electron chi connectivity index (χ1n) is 7.49. The van der Waals surface area contributed by atoms with Crippen LogP contribution in [-0.4, -0.2) is 20.1 Å². The van der Waals surface area contributed by atoms with Crippen LogP contribution in [0, 0.1) is 6.92 Å². The van der Waals surface area contributed by atoms with Crippen molar-refractivity contribution in [2.24, 2.45) is 0 Å². The number of ether oxygens (including phenoxy) is 2. The number of rotatable bonds is 4. The minimum absolute atomic E-state index is 0. The van der Waals surface area contributed by atoms with Crippen LogP contribution in [0.5, 0.6) is 11.5 Å². The summed E-state index contributed by atoms with van der Waals surface area (Å²) in [5.41, 5.74) is 4.72. The standard InChI is InChI=1S/C18H20N2O3.ClH/c1-11-6-16(22-2)17(23-3)8-15(11)20-18(21)12-4-5-13-9-19-10-14(13)7-12;/h4-8,19H,9-10H2,1-3H3,(H,20,21);1H. The SMILES string of the molecule is COc1cc(C)c(NC(=O)c2ccc3c(c2)CNC3)cc1OC.Cl. The molecule has 0 atom stereocenters. The van der Waals surface area contributed by atoms with Gasteiger partial charge in [-0.3, -0.25) is 4.79 Å². The lowest BCUT2D eigenvalue weighted by Gasteiger charge is -2.14. The van der Waals surface area contributed by atoms with Gasteiger partial charge in [0.2, 0.25) is 0 Å². The van der Waals surface area contributed by atoms with Crippen molar-refractivity contribution in [3.05, 3.63) is 52.6 Å². The van der Waals surface area contributed by atoms with Gasteiger partial charge in [0.1, 0.15) is 0 Å². The Kier molecular flexibility index (Phi) is 5.70. The van der Waals surface area contributed by atoms with E-state index in [1.165, 1.54) is 11.1 Å². The van der Waals surface area contributed by atoms with E-state index in [1.54, 1.807) is 20.3 Å². The van der Waals surface area contributed by atoms with Crippen LogP contribution in [0.4, 0.5) is 5.69 Å². The van der Waals surface area contributed by atoms with Gasteiger partial charge in [0, 0.05) is 30.4 Å². The quantitative estimate of drug-likeness (QED) is 0.890. The zero-order valence-corrected chi connectivity index (χ0v) is 14.8. The Hall–Kier alpha value is -2.24. The molecule has 0 aromatic heterocycles. The lowest BCUT2D eigenvalue weighted by atomic mass is 10.1. The molecule has 5 nitrogen and oxygen atoms in total. The highest BCUT2D eigenvalue weighted by Crippen LogP contribution is 2.33. The molecular formula is C18H21ClN2O3. The molecule has 3 rings (SSSR count). The third-order valence-corrected chi connectivity index (χ3v) is 4.08. The third-order valence-electron chi connectivity index (χ3n) is 4.08. The van der Waals surface area contributed by atoms with Crippen molar-refractivity contribution in [2.45, 2.75) is 20.0 Å². The van der Waals surface area contributed by atoms with Crippen molar-refractivity contribution in [3.63, 3.8) is 0 Å². The second-order valence-corrected chi connectivity index (χ2v) is 5.56. The fraction of sp³-hybridized carbons (Fsp3) is 0.278. The lowest BCUT2D eigenvalue weighted by molar-refractivity contribution is 0.102. The van der Waals surface area contributed by atoms with Crippen molar-refractivity contribution >= 4 is 24.0 Å². The molecule has 0 spiro atoms. The summed E-state index contributed by atoms with van der Waals surface area (Å²) in [4.78, 5) is 12.5. The van der Waals surface area contributed by atoms with E-state index in [0.717, 1.165) is 18.7 Å². The van der Waals surface area contributed by atoms with Crippen LogP contribution in [-0.2, 0) is 13.1 Å². The van der Waals surface area contributed by atoms with Crippen LogP contribution in [0.25, 0.3) is 0 Å². The molecule has 2 aromatic rings. The van der Waals surface area contributed by atoms with E-state index in [2.05, 4.69) is 10.6 Å². The molecule has 0 saturated heterocycles. The molecule has 2 N–H and O–H groups in total. The Labute approximate surface area is 147 Å². The zero-order chi connectivity index (χ0) is 16.4. The summed E-state index contributed by atoms with van der Waals surface area (Å²) in [6.07, 6.45) is 0. The molecule has 0 aliphatic carbocycles. The lowest BCUT2D eigenvalue weighted by Crippen LogP contribution is -2.13. The van der Waals surface area contributed by atoms with Crippen molar-refractivity contribution in [2.75, 3.05) is 19.5 Å². The Bertz CT molecular complexity index is 762. The Morgan fingerprint density at radius 2 is 1.71 bits per heavy atom. The molecule has 0 saturated carbocycles. The average Bonchev–Trinajstić information content (AvgIpc) is 3.03. The van der Waals surface area contributed by atoms with Crippen LogP contribution >= 0.6 is 12.4 Å². The summed E-state index contributed by atoms with van der Waals surface area (Å²) in [5, 5.41) is 6.23. The molecule has 1 heterocycles. The van der Waals surface area contributed by atoms with E-state index >= 15 is 0 Å². The second kappa shape index (κ2) is 7.55. The maximum absolute atomic E-state index is 12.5. The number of hydrogen-bond donors (Lipinski definition) is 2. The molecule has 0 bridgehead atoms. The minimum Gasteiger partial charge on any atom is -0.493 e. The second-order valence-electron chi connectivity index (χ2n) is 5.56. The maximum Gasteiger partial charge on any atom is 0.255 e. The molecule has 0 radical (unpaired) electrons. The van der Waals surface area contributed by atoms with Gasteiger partial charge in [-0.15, -0.1) is 12.4 Å². The van der Waals surface area contributed by atoms with Crippen LogP contribution in [0.2, 0.25) is 0 Å². The van der Waals surface area contributed by atoms with Crippen LogP contribution < -0.4 is 20.1 Å². The number of benzene rings is 2. The molecular weight excluding hydrogens is 328 g/mol. The largest absolute Gasteiger partial charge is 0.493 e. The highest BCUT2D eigenvalue weighted by atomic mass is 35.5. The van der Waals surface area contributed by atoms with Gasteiger partial charge in [-0.2, -0.15) is 0 Å². The van der Waals surface area contributed by atoms with Gasteiger partial charge in [-0.1, -0.05) is 6.07 Å². The van der Waals surface area contributed by atoms with Gasteiger partial charge in [-0.05, 0) is 41.8 Å². The number of nitrogens with one attached hydrogen (secondary N) is 2. The van der Waals surface area contributed by atoms with Crippen molar-refractivity contribution in [1.29, 1.82) is 0 Å². The van der Waals surface area contributed by atoms with E-state index in [1.807, 2.05) is 31.2 Å². The Morgan fingerprint density at radius 1 is 1.04 bits per heavy atom. The minimum atomic E-state index is -0.130. The number of carbonyl (C=O) groups excluding carboxylic acids is 1.